The van der Waals surface area contributed by atoms with Gasteiger partial charge in [0.2, 0.25) is 5.95 Å². The summed E-state index contributed by atoms with van der Waals surface area (Å²) < 4.78 is 0. The lowest BCUT2D eigenvalue weighted by molar-refractivity contribution is 0.897. The van der Waals surface area contributed by atoms with Crippen molar-refractivity contribution in [2.24, 2.45) is 0 Å². The van der Waals surface area contributed by atoms with Crippen molar-refractivity contribution >= 4 is 34.4 Å². The number of nitrogens with zero attached hydrogens (tertiary/aromatic N) is 1. The van der Waals surface area contributed by atoms with Crippen molar-refractivity contribution in [3.05, 3.63) is 18.2 Å². The second kappa shape index (κ2) is 4.65. The van der Waals surface area contributed by atoms with Crippen molar-refractivity contribution < 1.29 is 0 Å². The Morgan fingerprint density at radius 3 is 3.12 bits per heavy atom. The number of thioether (sulfide) groups is 1. The molecule has 0 radical (unpaired) electrons. The quantitative estimate of drug-likeness (QED) is 0.713. The number of anilines is 2. The normalized spacial score (nSPS) is 12.9. The molecule has 16 heavy (non-hydrogen) atoms. The first kappa shape index (κ1) is 11.1. The maximum absolute atomic E-state index is 5.71. The van der Waals surface area contributed by atoms with Crippen LogP contribution in [0.2, 0.25) is 0 Å². The summed E-state index contributed by atoms with van der Waals surface area (Å²) in [6, 6.07) is 6.07. The van der Waals surface area contributed by atoms with Gasteiger partial charge in [0.15, 0.2) is 0 Å². The lowest BCUT2D eigenvalue weighted by Gasteiger charge is -2.10. The van der Waals surface area contributed by atoms with Crippen molar-refractivity contribution in [2.45, 2.75) is 13.0 Å². The Kier molecular flexibility index (Phi) is 3.24. The molecule has 0 aliphatic rings. The number of H-pyrrole nitrogens is 1. The summed E-state index contributed by atoms with van der Waals surface area (Å²) in [5.41, 5.74) is 8.37. The molecule has 0 bridgehead atoms. The fraction of sp³-hybridized carbons (Fsp3) is 0.364. The van der Waals surface area contributed by atoms with E-state index in [-0.39, 0.29) is 0 Å². The molecule has 2 rings (SSSR count). The molecule has 1 aromatic carbocycles. The average Bonchev–Trinajstić information content (AvgIpc) is 2.59. The van der Waals surface area contributed by atoms with Gasteiger partial charge in [-0.2, -0.15) is 11.8 Å². The van der Waals surface area contributed by atoms with Crippen molar-refractivity contribution in [2.75, 3.05) is 23.1 Å². The molecule has 4 N–H and O–H groups in total. The molecule has 0 spiro atoms. The van der Waals surface area contributed by atoms with Gasteiger partial charge < -0.3 is 16.0 Å². The van der Waals surface area contributed by atoms with Crippen LogP contribution in [-0.4, -0.2) is 28.0 Å². The highest BCUT2D eigenvalue weighted by atomic mass is 32.2. The Hall–Kier alpha value is -1.36. The number of fused-ring (bicyclic) bond motifs is 1. The van der Waals surface area contributed by atoms with Crippen LogP contribution in [0, 0.1) is 0 Å². The molecule has 0 aliphatic heterocycles. The van der Waals surface area contributed by atoms with Crippen LogP contribution < -0.4 is 11.1 Å². The van der Waals surface area contributed by atoms with Crippen molar-refractivity contribution in [1.29, 1.82) is 0 Å². The molecule has 1 aromatic heterocycles. The van der Waals surface area contributed by atoms with Crippen LogP contribution in [0.1, 0.15) is 6.92 Å². The van der Waals surface area contributed by atoms with E-state index in [1.807, 2.05) is 30.0 Å². The van der Waals surface area contributed by atoms with Crippen LogP contribution in [-0.2, 0) is 0 Å². The van der Waals surface area contributed by atoms with Crippen molar-refractivity contribution in [1.82, 2.24) is 9.97 Å². The summed E-state index contributed by atoms with van der Waals surface area (Å²) in [6.07, 6.45) is 2.09. The molecular formula is C11H16N4S. The lowest BCUT2D eigenvalue weighted by atomic mass is 10.3. The van der Waals surface area contributed by atoms with Crippen LogP contribution in [0.3, 0.4) is 0 Å². The first-order valence-electron chi connectivity index (χ1n) is 5.20. The summed E-state index contributed by atoms with van der Waals surface area (Å²) in [5, 5.41) is 3.32. The third kappa shape index (κ3) is 2.41. The minimum absolute atomic E-state index is 0.396. The van der Waals surface area contributed by atoms with Gasteiger partial charge in [0.05, 0.1) is 11.0 Å². The van der Waals surface area contributed by atoms with Crippen LogP contribution in [0.4, 0.5) is 11.6 Å². The largest absolute Gasteiger partial charge is 0.399 e. The van der Waals surface area contributed by atoms with Gasteiger partial charge in [-0.25, -0.2) is 4.98 Å². The molecule has 0 saturated carbocycles. The minimum Gasteiger partial charge on any atom is -0.399 e. The van der Waals surface area contributed by atoms with Crippen LogP contribution in [0.25, 0.3) is 11.0 Å². The van der Waals surface area contributed by atoms with Gasteiger partial charge in [-0.05, 0) is 31.4 Å². The standard InChI is InChI=1S/C11H16N4S/c1-7(6-16-2)13-11-14-9-4-3-8(12)5-10(9)15-11/h3-5,7H,6,12H2,1-2H3,(H2,13,14,15). The fourth-order valence-electron chi connectivity index (χ4n) is 1.62. The summed E-state index contributed by atoms with van der Waals surface area (Å²) in [4.78, 5) is 7.66. The fourth-order valence-corrected chi connectivity index (χ4v) is 2.20. The number of nitrogens with two attached hydrogens (primary N) is 1. The number of nitrogens with one attached hydrogen (secondary N) is 2. The smallest absolute Gasteiger partial charge is 0.201 e. The van der Waals surface area contributed by atoms with E-state index in [0.29, 0.717) is 6.04 Å². The number of imidazole rings is 1. The zero-order valence-corrected chi connectivity index (χ0v) is 10.3. The molecule has 0 fully saturated rings. The number of aromatic nitrogens is 2. The summed E-state index contributed by atoms with van der Waals surface area (Å²) >= 11 is 1.81. The number of rotatable bonds is 4. The van der Waals surface area contributed by atoms with E-state index in [4.69, 9.17) is 5.73 Å². The molecule has 1 atom stereocenters. The maximum Gasteiger partial charge on any atom is 0.201 e. The molecule has 1 unspecified atom stereocenters. The van der Waals surface area contributed by atoms with Crippen molar-refractivity contribution in [3.63, 3.8) is 0 Å². The Morgan fingerprint density at radius 1 is 1.56 bits per heavy atom. The molecule has 5 heteroatoms. The summed E-state index contributed by atoms with van der Waals surface area (Å²) in [5.74, 6) is 1.86. The number of benzene rings is 1. The maximum atomic E-state index is 5.71. The molecule has 0 saturated heterocycles. The first-order chi connectivity index (χ1) is 7.69. The number of aromatic amines is 1. The van der Waals surface area contributed by atoms with Gasteiger partial charge in [-0.1, -0.05) is 0 Å². The highest BCUT2D eigenvalue weighted by Crippen LogP contribution is 2.17. The highest BCUT2D eigenvalue weighted by Gasteiger charge is 2.05. The molecule has 1 heterocycles. The van der Waals surface area contributed by atoms with Gasteiger partial charge in [-0.15, -0.1) is 0 Å². The second-order valence-electron chi connectivity index (χ2n) is 3.86. The van der Waals surface area contributed by atoms with Crippen LogP contribution in [0.15, 0.2) is 18.2 Å². The van der Waals surface area contributed by atoms with E-state index in [1.165, 1.54) is 0 Å². The molecule has 0 amide bonds. The Bertz CT molecular complexity index is 480. The third-order valence-electron chi connectivity index (χ3n) is 2.31. The molecule has 0 aliphatic carbocycles. The topological polar surface area (TPSA) is 66.7 Å². The minimum atomic E-state index is 0.396. The molecule has 4 nitrogen and oxygen atoms in total. The van der Waals surface area contributed by atoms with E-state index < -0.39 is 0 Å². The van der Waals surface area contributed by atoms with E-state index in [1.54, 1.807) is 0 Å². The first-order valence-corrected chi connectivity index (χ1v) is 6.59. The summed E-state index contributed by atoms with van der Waals surface area (Å²) in [6.45, 7) is 2.14. The van der Waals surface area contributed by atoms with Gasteiger partial charge in [0.25, 0.3) is 0 Å². The van der Waals surface area contributed by atoms with Gasteiger partial charge in [-0.3, -0.25) is 0 Å². The molecule has 2 aromatic rings. The third-order valence-corrected chi connectivity index (χ3v) is 3.14. The SMILES string of the molecule is CSCC(C)Nc1nc2ccc(N)cc2[nH]1. The molecule has 86 valence electrons. The van der Waals surface area contributed by atoms with Crippen molar-refractivity contribution in [3.8, 4) is 0 Å². The monoisotopic (exact) mass is 236 g/mol. The van der Waals surface area contributed by atoms with E-state index in [9.17, 15) is 0 Å². The van der Waals surface area contributed by atoms with Gasteiger partial charge in [0, 0.05) is 17.5 Å². The Morgan fingerprint density at radius 2 is 2.38 bits per heavy atom. The number of hydrogen-bond acceptors (Lipinski definition) is 4. The number of hydrogen-bond donors (Lipinski definition) is 3. The second-order valence-corrected chi connectivity index (χ2v) is 4.77. The van der Waals surface area contributed by atoms with Gasteiger partial charge >= 0.3 is 0 Å². The number of nitrogen functional groups attached to an aromatic ring is 1. The highest BCUT2D eigenvalue weighted by molar-refractivity contribution is 7.98. The Labute approximate surface area is 99.0 Å². The van der Waals surface area contributed by atoms with E-state index in [0.717, 1.165) is 28.4 Å². The van der Waals surface area contributed by atoms with E-state index >= 15 is 0 Å². The predicted molar refractivity (Wildman–Crippen MR) is 72.0 cm³/mol. The van der Waals surface area contributed by atoms with Gasteiger partial charge in [0.1, 0.15) is 0 Å². The zero-order chi connectivity index (χ0) is 11.5. The lowest BCUT2D eigenvalue weighted by Crippen LogP contribution is -2.18. The average molecular weight is 236 g/mol. The molecular weight excluding hydrogens is 220 g/mol. The summed E-state index contributed by atoms with van der Waals surface area (Å²) in [7, 11) is 0. The van der Waals surface area contributed by atoms with Crippen LogP contribution >= 0.6 is 11.8 Å². The van der Waals surface area contributed by atoms with Crippen LogP contribution in [0.5, 0.6) is 0 Å². The van der Waals surface area contributed by atoms with E-state index in [2.05, 4.69) is 28.5 Å². The predicted octanol–water partition coefficient (Wildman–Crippen LogP) is 2.31. The Balaban J connectivity index is 2.19. The zero-order valence-electron chi connectivity index (χ0n) is 9.45.